The van der Waals surface area contributed by atoms with Gasteiger partial charge in [-0.25, -0.2) is 14.2 Å². The Morgan fingerprint density at radius 3 is 2.41 bits per heavy atom. The monoisotopic (exact) mass is 430 g/mol. The van der Waals surface area contributed by atoms with Crippen LogP contribution in [-0.2, 0) is 6.54 Å². The second-order valence-corrected chi connectivity index (χ2v) is 10.3. The minimum absolute atomic E-state index is 0.175. The molecule has 1 heterocycles. The van der Waals surface area contributed by atoms with E-state index < -0.39 is 6.09 Å². The summed E-state index contributed by atoms with van der Waals surface area (Å²) >= 11 is 2.92. The van der Waals surface area contributed by atoms with E-state index in [1.165, 1.54) is 34.1 Å². The molecule has 0 bridgehead atoms. The highest BCUT2D eigenvalue weighted by Crippen LogP contribution is 2.41. The van der Waals surface area contributed by atoms with Gasteiger partial charge in [0.15, 0.2) is 0 Å². The highest BCUT2D eigenvalue weighted by molar-refractivity contribution is 8.01. The predicted molar refractivity (Wildman–Crippen MR) is 116 cm³/mol. The van der Waals surface area contributed by atoms with Crippen molar-refractivity contribution in [2.75, 3.05) is 6.54 Å². The minimum Gasteiger partial charge on any atom is -0.465 e. The summed E-state index contributed by atoms with van der Waals surface area (Å²) in [4.78, 5) is 18.7. The number of thiazole rings is 1. The molecule has 0 unspecified atom stereocenters. The van der Waals surface area contributed by atoms with Crippen LogP contribution < -0.4 is 0 Å². The van der Waals surface area contributed by atoms with Crippen molar-refractivity contribution < 1.29 is 14.3 Å². The van der Waals surface area contributed by atoms with Crippen molar-refractivity contribution in [3.63, 3.8) is 0 Å². The fourth-order valence-corrected chi connectivity index (χ4v) is 5.16. The third-order valence-corrected chi connectivity index (χ3v) is 6.21. The van der Waals surface area contributed by atoms with Crippen LogP contribution in [0, 0.1) is 11.2 Å². The first-order chi connectivity index (χ1) is 13.7. The summed E-state index contributed by atoms with van der Waals surface area (Å²) in [5.41, 5.74) is 0.801. The lowest BCUT2D eigenvalue weighted by molar-refractivity contribution is 0.123. The Morgan fingerprint density at radius 1 is 1.14 bits per heavy atom. The van der Waals surface area contributed by atoms with Gasteiger partial charge < -0.3 is 10.0 Å². The summed E-state index contributed by atoms with van der Waals surface area (Å²) in [6.45, 7) is 6.54. The standard InChI is InChI=1S/C22H23FN2O2S2/c1-22(2,3)14-25(21(26)27)13-18-24-19(16-11-7-8-12-17(16)23)20(29-18)28-15-9-5-4-6-10-15/h4-12H,13-14H2,1-3H3,(H,26,27). The number of nitrogens with zero attached hydrogens (tertiary/aromatic N) is 2. The molecule has 0 saturated heterocycles. The van der Waals surface area contributed by atoms with Gasteiger partial charge in [0.2, 0.25) is 0 Å². The number of aromatic nitrogens is 1. The van der Waals surface area contributed by atoms with Crippen LogP contribution in [-0.4, -0.2) is 27.6 Å². The Hall–Kier alpha value is -2.38. The molecule has 0 aliphatic carbocycles. The Bertz CT molecular complexity index is 984. The quantitative estimate of drug-likeness (QED) is 0.477. The zero-order valence-electron chi connectivity index (χ0n) is 16.6. The molecule has 152 valence electrons. The van der Waals surface area contributed by atoms with E-state index in [-0.39, 0.29) is 17.8 Å². The molecule has 29 heavy (non-hydrogen) atoms. The summed E-state index contributed by atoms with van der Waals surface area (Å²) in [6, 6.07) is 16.3. The first-order valence-electron chi connectivity index (χ1n) is 9.18. The lowest BCUT2D eigenvalue weighted by atomic mass is 9.96. The lowest BCUT2D eigenvalue weighted by Crippen LogP contribution is -2.36. The average molecular weight is 431 g/mol. The van der Waals surface area contributed by atoms with Crippen molar-refractivity contribution in [3.8, 4) is 11.3 Å². The van der Waals surface area contributed by atoms with Crippen molar-refractivity contribution >= 4 is 29.2 Å². The van der Waals surface area contributed by atoms with E-state index >= 15 is 0 Å². The van der Waals surface area contributed by atoms with Gasteiger partial charge in [0.25, 0.3) is 0 Å². The number of halogens is 1. The first kappa shape index (κ1) is 21.3. The predicted octanol–water partition coefficient (Wildman–Crippen LogP) is 6.63. The molecule has 7 heteroatoms. The summed E-state index contributed by atoms with van der Waals surface area (Å²) in [5.74, 6) is -0.343. The summed E-state index contributed by atoms with van der Waals surface area (Å²) in [5, 5.41) is 10.3. The van der Waals surface area contributed by atoms with Crippen molar-refractivity contribution in [3.05, 3.63) is 65.4 Å². The van der Waals surface area contributed by atoms with Gasteiger partial charge in [0.05, 0.1) is 16.4 Å². The first-order valence-corrected chi connectivity index (χ1v) is 10.8. The third-order valence-electron chi connectivity index (χ3n) is 3.98. The van der Waals surface area contributed by atoms with Crippen LogP contribution in [0.4, 0.5) is 9.18 Å². The van der Waals surface area contributed by atoms with Gasteiger partial charge in [0, 0.05) is 17.0 Å². The zero-order valence-corrected chi connectivity index (χ0v) is 18.2. The lowest BCUT2D eigenvalue weighted by Gasteiger charge is -2.27. The largest absolute Gasteiger partial charge is 0.465 e. The number of amides is 1. The number of rotatable bonds is 6. The molecule has 0 aliphatic heterocycles. The number of hydrogen-bond acceptors (Lipinski definition) is 4. The van der Waals surface area contributed by atoms with Crippen LogP contribution in [0.3, 0.4) is 0 Å². The van der Waals surface area contributed by atoms with E-state index in [1.807, 2.05) is 51.1 Å². The molecule has 0 atom stereocenters. The molecule has 1 N–H and O–H groups in total. The van der Waals surface area contributed by atoms with Crippen LogP contribution in [0.2, 0.25) is 0 Å². The van der Waals surface area contributed by atoms with Gasteiger partial charge in [-0.3, -0.25) is 0 Å². The number of carboxylic acid groups (broad SMARTS) is 1. The summed E-state index contributed by atoms with van der Waals surface area (Å²) < 4.78 is 15.3. The van der Waals surface area contributed by atoms with Crippen LogP contribution >= 0.6 is 23.1 Å². The highest BCUT2D eigenvalue weighted by Gasteiger charge is 2.24. The molecular formula is C22H23FN2O2S2. The molecule has 3 aromatic rings. The summed E-state index contributed by atoms with van der Waals surface area (Å²) in [7, 11) is 0. The number of carbonyl (C=O) groups is 1. The molecular weight excluding hydrogens is 407 g/mol. The van der Waals surface area contributed by atoms with Crippen LogP contribution in [0.5, 0.6) is 0 Å². The van der Waals surface area contributed by atoms with Gasteiger partial charge in [-0.05, 0) is 29.7 Å². The van der Waals surface area contributed by atoms with E-state index in [4.69, 9.17) is 0 Å². The van der Waals surface area contributed by atoms with Gasteiger partial charge >= 0.3 is 6.09 Å². The molecule has 0 radical (unpaired) electrons. The van der Waals surface area contributed by atoms with Gasteiger partial charge in [-0.2, -0.15) is 0 Å². The van der Waals surface area contributed by atoms with Crippen LogP contribution in [0.15, 0.2) is 63.7 Å². The van der Waals surface area contributed by atoms with Crippen LogP contribution in [0.25, 0.3) is 11.3 Å². The molecule has 1 amide bonds. The van der Waals surface area contributed by atoms with Crippen molar-refractivity contribution in [2.45, 2.75) is 36.4 Å². The maximum Gasteiger partial charge on any atom is 0.407 e. The molecule has 0 aliphatic rings. The minimum atomic E-state index is -0.986. The second kappa shape index (κ2) is 8.97. The fraction of sp³-hybridized carbons (Fsp3) is 0.273. The Labute approximate surface area is 178 Å². The maximum absolute atomic E-state index is 14.5. The molecule has 0 saturated carbocycles. The fourth-order valence-electron chi connectivity index (χ4n) is 2.83. The molecule has 1 aromatic heterocycles. The Kier molecular flexibility index (Phi) is 6.59. The molecule has 2 aromatic carbocycles. The van der Waals surface area contributed by atoms with Gasteiger partial charge in [-0.15, -0.1) is 11.3 Å². The second-order valence-electron chi connectivity index (χ2n) is 7.84. The molecule has 4 nitrogen and oxygen atoms in total. The molecule has 0 fully saturated rings. The zero-order chi connectivity index (χ0) is 21.0. The maximum atomic E-state index is 14.5. The van der Waals surface area contributed by atoms with Crippen molar-refractivity contribution in [1.82, 2.24) is 9.88 Å². The van der Waals surface area contributed by atoms with Crippen molar-refractivity contribution in [2.24, 2.45) is 5.41 Å². The van der Waals surface area contributed by atoms with Gasteiger partial charge in [0.1, 0.15) is 10.8 Å². The van der Waals surface area contributed by atoms with E-state index in [1.54, 1.807) is 18.2 Å². The normalized spacial score (nSPS) is 11.4. The highest BCUT2D eigenvalue weighted by atomic mass is 32.2. The van der Waals surface area contributed by atoms with Gasteiger partial charge in [-0.1, -0.05) is 62.9 Å². The van der Waals surface area contributed by atoms with Crippen molar-refractivity contribution in [1.29, 1.82) is 0 Å². The molecule has 0 spiro atoms. The van der Waals surface area contributed by atoms with Crippen LogP contribution in [0.1, 0.15) is 25.8 Å². The Balaban J connectivity index is 1.97. The smallest absolute Gasteiger partial charge is 0.407 e. The molecule has 3 rings (SSSR count). The topological polar surface area (TPSA) is 53.4 Å². The number of benzene rings is 2. The third kappa shape index (κ3) is 5.81. The summed E-state index contributed by atoms with van der Waals surface area (Å²) in [6.07, 6.45) is -0.986. The van der Waals surface area contributed by atoms with E-state index in [0.29, 0.717) is 22.8 Å². The number of hydrogen-bond donors (Lipinski definition) is 1. The average Bonchev–Trinajstić information content (AvgIpc) is 3.03. The van der Waals surface area contributed by atoms with E-state index in [2.05, 4.69) is 4.98 Å². The van der Waals surface area contributed by atoms with E-state index in [9.17, 15) is 14.3 Å². The van der Waals surface area contributed by atoms with E-state index in [0.717, 1.165) is 9.10 Å². The SMILES string of the molecule is CC(C)(C)CN(Cc1nc(-c2ccccc2F)c(Sc2ccccc2)s1)C(=O)O. The Morgan fingerprint density at radius 2 is 1.79 bits per heavy atom.